The van der Waals surface area contributed by atoms with Gasteiger partial charge in [-0.2, -0.15) is 5.26 Å². The maximum atomic E-state index is 9.80. The van der Waals surface area contributed by atoms with Crippen LogP contribution in [0.4, 0.5) is 0 Å². The number of aliphatic hydroxyl groups is 1. The van der Waals surface area contributed by atoms with Gasteiger partial charge in [0, 0.05) is 25.6 Å². The Bertz CT molecular complexity index is 442. The minimum atomic E-state index is -0.306. The van der Waals surface area contributed by atoms with Gasteiger partial charge in [0.25, 0.3) is 0 Å². The number of aliphatic hydroxyl groups excluding tert-OH is 1. The first kappa shape index (κ1) is 12.9. The summed E-state index contributed by atoms with van der Waals surface area (Å²) in [6.07, 6.45) is 0.908. The van der Waals surface area contributed by atoms with E-state index >= 15 is 0 Å². The van der Waals surface area contributed by atoms with Gasteiger partial charge in [0.05, 0.1) is 19.3 Å². The van der Waals surface area contributed by atoms with Crippen molar-refractivity contribution in [3.05, 3.63) is 29.8 Å². The summed E-state index contributed by atoms with van der Waals surface area (Å²) in [5.74, 6) is 0.828. The van der Waals surface area contributed by atoms with Crippen molar-refractivity contribution >= 4 is 0 Å². The van der Waals surface area contributed by atoms with Crippen LogP contribution in [-0.4, -0.2) is 36.3 Å². The number of hydrogen-bond donors (Lipinski definition) is 1. The molecule has 0 unspecified atom stereocenters. The lowest BCUT2D eigenvalue weighted by atomic mass is 10.0. The Morgan fingerprint density at radius 3 is 3.11 bits per heavy atom. The van der Waals surface area contributed by atoms with Gasteiger partial charge in [-0.1, -0.05) is 12.1 Å². The predicted molar refractivity (Wildman–Crippen MR) is 68.2 cm³/mol. The maximum absolute atomic E-state index is 9.80. The van der Waals surface area contributed by atoms with Crippen molar-refractivity contribution in [2.45, 2.75) is 25.0 Å². The van der Waals surface area contributed by atoms with E-state index in [-0.39, 0.29) is 12.1 Å². The van der Waals surface area contributed by atoms with Crippen LogP contribution in [0, 0.1) is 11.3 Å². The van der Waals surface area contributed by atoms with Crippen molar-refractivity contribution in [3.63, 3.8) is 0 Å². The highest BCUT2D eigenvalue weighted by molar-refractivity contribution is 5.31. The molecule has 2 atom stereocenters. The molecule has 0 saturated carbocycles. The lowest BCUT2D eigenvalue weighted by Crippen LogP contribution is -2.25. The topological polar surface area (TPSA) is 56.5 Å². The fraction of sp³-hybridized carbons (Fsp3) is 0.500. The Hall–Kier alpha value is -1.57. The number of methoxy groups -OCH3 is 1. The van der Waals surface area contributed by atoms with Crippen LogP contribution in [0.1, 0.15) is 24.4 Å². The van der Waals surface area contributed by atoms with E-state index in [2.05, 4.69) is 11.0 Å². The molecule has 0 aliphatic carbocycles. The third-order valence-corrected chi connectivity index (χ3v) is 3.37. The molecule has 0 spiro atoms. The van der Waals surface area contributed by atoms with Crippen LogP contribution >= 0.6 is 0 Å². The van der Waals surface area contributed by atoms with Crippen molar-refractivity contribution < 1.29 is 9.84 Å². The number of nitriles is 1. The van der Waals surface area contributed by atoms with Gasteiger partial charge in [0.1, 0.15) is 5.75 Å². The van der Waals surface area contributed by atoms with Crippen molar-refractivity contribution in [2.75, 3.05) is 20.2 Å². The monoisotopic (exact) mass is 246 g/mol. The summed E-state index contributed by atoms with van der Waals surface area (Å²) >= 11 is 0. The van der Waals surface area contributed by atoms with E-state index in [0.717, 1.165) is 17.7 Å². The molecule has 1 aliphatic rings. The van der Waals surface area contributed by atoms with Crippen LogP contribution in [0.25, 0.3) is 0 Å². The van der Waals surface area contributed by atoms with Gasteiger partial charge in [-0.15, -0.1) is 0 Å². The zero-order chi connectivity index (χ0) is 13.0. The fourth-order valence-corrected chi connectivity index (χ4v) is 2.52. The minimum absolute atomic E-state index is 0.184. The molecule has 1 aromatic rings. The summed E-state index contributed by atoms with van der Waals surface area (Å²) in [4.78, 5) is 2.17. The maximum Gasteiger partial charge on any atom is 0.119 e. The Labute approximate surface area is 107 Å². The normalized spacial score (nSPS) is 23.8. The van der Waals surface area contributed by atoms with E-state index in [1.807, 2.05) is 24.3 Å². The van der Waals surface area contributed by atoms with Gasteiger partial charge >= 0.3 is 0 Å². The Morgan fingerprint density at radius 2 is 2.39 bits per heavy atom. The van der Waals surface area contributed by atoms with Crippen LogP contribution in [0.2, 0.25) is 0 Å². The molecule has 0 aromatic heterocycles. The first-order valence-corrected chi connectivity index (χ1v) is 6.17. The Kier molecular flexibility index (Phi) is 4.19. The molecule has 1 N–H and O–H groups in total. The van der Waals surface area contributed by atoms with E-state index in [1.54, 1.807) is 7.11 Å². The van der Waals surface area contributed by atoms with Gasteiger partial charge in [-0.25, -0.2) is 0 Å². The smallest absolute Gasteiger partial charge is 0.119 e. The fourth-order valence-electron chi connectivity index (χ4n) is 2.52. The van der Waals surface area contributed by atoms with E-state index in [0.29, 0.717) is 19.5 Å². The van der Waals surface area contributed by atoms with E-state index < -0.39 is 0 Å². The van der Waals surface area contributed by atoms with Gasteiger partial charge in [0.15, 0.2) is 0 Å². The molecular formula is C14H18N2O2. The van der Waals surface area contributed by atoms with Gasteiger partial charge < -0.3 is 9.84 Å². The molecule has 1 heterocycles. The minimum Gasteiger partial charge on any atom is -0.497 e. The molecule has 1 saturated heterocycles. The number of β-amino-alcohol motifs (C(OH)–C–C–N with tert-alkyl or cyclic N) is 1. The quantitative estimate of drug-likeness (QED) is 0.878. The average Bonchev–Trinajstić information content (AvgIpc) is 2.77. The van der Waals surface area contributed by atoms with E-state index in [1.165, 1.54) is 0 Å². The first-order chi connectivity index (χ1) is 8.74. The van der Waals surface area contributed by atoms with Crippen LogP contribution < -0.4 is 4.74 Å². The highest BCUT2D eigenvalue weighted by atomic mass is 16.5. The molecular weight excluding hydrogens is 228 g/mol. The number of rotatable bonds is 4. The molecule has 0 amide bonds. The number of benzene rings is 1. The van der Waals surface area contributed by atoms with Crippen molar-refractivity contribution in [1.82, 2.24) is 4.90 Å². The highest BCUT2D eigenvalue weighted by Gasteiger charge is 2.31. The molecule has 18 heavy (non-hydrogen) atoms. The second kappa shape index (κ2) is 5.85. The summed E-state index contributed by atoms with van der Waals surface area (Å²) in [5.41, 5.74) is 1.14. The van der Waals surface area contributed by atoms with Crippen LogP contribution in [-0.2, 0) is 0 Å². The third kappa shape index (κ3) is 2.81. The van der Waals surface area contributed by atoms with Gasteiger partial charge in [0.2, 0.25) is 0 Å². The van der Waals surface area contributed by atoms with Crippen LogP contribution in [0.15, 0.2) is 24.3 Å². The molecule has 1 aromatic carbocycles. The van der Waals surface area contributed by atoms with Crippen molar-refractivity contribution in [1.29, 1.82) is 5.26 Å². The largest absolute Gasteiger partial charge is 0.497 e. The highest BCUT2D eigenvalue weighted by Crippen LogP contribution is 2.33. The number of likely N-dealkylation sites (tertiary alicyclic amines) is 1. The summed E-state index contributed by atoms with van der Waals surface area (Å²) in [6.45, 7) is 1.35. The van der Waals surface area contributed by atoms with Crippen LogP contribution in [0.3, 0.4) is 0 Å². The standard InChI is InChI=1S/C14H18N2O2/c1-18-13-5-2-4-11(8-13)14-9-12(17)10-16(14)7-3-6-15/h2,4-5,8,12,14,17H,3,7,9-10H2,1H3/t12-,14+/m0/s1. The molecule has 4 nitrogen and oxygen atoms in total. The summed E-state index contributed by atoms with van der Waals surface area (Å²) < 4.78 is 5.22. The first-order valence-electron chi connectivity index (χ1n) is 6.17. The lowest BCUT2D eigenvalue weighted by Gasteiger charge is -2.23. The number of ether oxygens (including phenoxy) is 1. The second-order valence-electron chi connectivity index (χ2n) is 4.58. The molecule has 0 radical (unpaired) electrons. The predicted octanol–water partition coefficient (Wildman–Crippen LogP) is 1.72. The molecule has 0 bridgehead atoms. The molecule has 2 rings (SSSR count). The SMILES string of the molecule is COc1cccc([C@H]2C[C@H](O)CN2CCC#N)c1. The third-order valence-electron chi connectivity index (χ3n) is 3.37. The number of hydrogen-bond acceptors (Lipinski definition) is 4. The zero-order valence-corrected chi connectivity index (χ0v) is 10.5. The molecule has 96 valence electrons. The van der Waals surface area contributed by atoms with Crippen molar-refractivity contribution in [3.8, 4) is 11.8 Å². The Morgan fingerprint density at radius 1 is 1.56 bits per heavy atom. The van der Waals surface area contributed by atoms with Gasteiger partial charge in [-0.3, -0.25) is 4.90 Å². The van der Waals surface area contributed by atoms with Gasteiger partial charge in [-0.05, 0) is 24.1 Å². The summed E-state index contributed by atoms with van der Waals surface area (Å²) in [6, 6.07) is 10.3. The lowest BCUT2D eigenvalue weighted by molar-refractivity contribution is 0.176. The zero-order valence-electron chi connectivity index (χ0n) is 10.5. The van der Waals surface area contributed by atoms with E-state index in [4.69, 9.17) is 10.00 Å². The van der Waals surface area contributed by atoms with Crippen molar-refractivity contribution in [2.24, 2.45) is 0 Å². The number of nitrogens with zero attached hydrogens (tertiary/aromatic N) is 2. The summed E-state index contributed by atoms with van der Waals surface area (Å²) in [7, 11) is 1.65. The molecule has 4 heteroatoms. The summed E-state index contributed by atoms with van der Waals surface area (Å²) in [5, 5.41) is 18.5. The second-order valence-corrected chi connectivity index (χ2v) is 4.58. The molecule has 1 fully saturated rings. The average molecular weight is 246 g/mol. The van der Waals surface area contributed by atoms with E-state index in [9.17, 15) is 5.11 Å². The molecule has 1 aliphatic heterocycles. The van der Waals surface area contributed by atoms with Crippen LogP contribution in [0.5, 0.6) is 5.75 Å². The Balaban J connectivity index is 2.16.